The van der Waals surface area contributed by atoms with Crippen molar-refractivity contribution in [1.82, 2.24) is 0 Å². The van der Waals surface area contributed by atoms with Gasteiger partial charge in [0.2, 0.25) is 0 Å². The van der Waals surface area contributed by atoms with Crippen LogP contribution in [0.15, 0.2) is 30.8 Å². The SMILES string of the molecule is C=C(C)c1cccc(OCC(C)=O)c1. The van der Waals surface area contributed by atoms with Gasteiger partial charge in [0.05, 0.1) is 0 Å². The number of ketones is 1. The predicted octanol–water partition coefficient (Wildman–Crippen LogP) is 2.69. The normalized spacial score (nSPS) is 9.57. The Labute approximate surface area is 84.2 Å². The zero-order chi connectivity index (χ0) is 10.6. The second-order valence-electron chi connectivity index (χ2n) is 3.30. The molecule has 0 fully saturated rings. The highest BCUT2D eigenvalue weighted by molar-refractivity contribution is 5.77. The molecule has 74 valence electrons. The molecule has 0 unspecified atom stereocenters. The molecule has 0 saturated carbocycles. The summed E-state index contributed by atoms with van der Waals surface area (Å²) in [7, 11) is 0. The Morgan fingerprint density at radius 3 is 2.71 bits per heavy atom. The number of carbonyl (C=O) groups excluding carboxylic acids is 1. The van der Waals surface area contributed by atoms with Crippen LogP contribution in [0.4, 0.5) is 0 Å². The Morgan fingerprint density at radius 1 is 1.43 bits per heavy atom. The number of benzene rings is 1. The minimum absolute atomic E-state index is 0.0192. The molecule has 0 radical (unpaired) electrons. The van der Waals surface area contributed by atoms with E-state index in [4.69, 9.17) is 4.74 Å². The Balaban J connectivity index is 2.73. The molecular formula is C12H14O2. The minimum atomic E-state index is 0.0192. The number of ether oxygens (including phenoxy) is 1. The molecule has 2 heteroatoms. The first kappa shape index (κ1) is 10.5. The summed E-state index contributed by atoms with van der Waals surface area (Å²) in [5.41, 5.74) is 2.02. The number of carbonyl (C=O) groups is 1. The molecule has 14 heavy (non-hydrogen) atoms. The molecule has 0 amide bonds. The fourth-order valence-electron chi connectivity index (χ4n) is 1.04. The second-order valence-corrected chi connectivity index (χ2v) is 3.30. The van der Waals surface area contributed by atoms with Gasteiger partial charge >= 0.3 is 0 Å². The highest BCUT2D eigenvalue weighted by Gasteiger charge is 1.98. The summed E-state index contributed by atoms with van der Waals surface area (Å²) < 4.78 is 5.27. The van der Waals surface area contributed by atoms with Crippen molar-refractivity contribution in [1.29, 1.82) is 0 Å². The maximum Gasteiger partial charge on any atom is 0.167 e. The molecular weight excluding hydrogens is 176 g/mol. The Hall–Kier alpha value is -1.57. The molecule has 0 bridgehead atoms. The molecule has 1 aromatic carbocycles. The van der Waals surface area contributed by atoms with E-state index in [2.05, 4.69) is 6.58 Å². The van der Waals surface area contributed by atoms with E-state index in [-0.39, 0.29) is 12.4 Å². The third-order valence-corrected chi connectivity index (χ3v) is 1.77. The van der Waals surface area contributed by atoms with Crippen LogP contribution in [-0.2, 0) is 4.79 Å². The third kappa shape index (κ3) is 3.05. The van der Waals surface area contributed by atoms with Gasteiger partial charge in [0.15, 0.2) is 5.78 Å². The Kier molecular flexibility index (Phi) is 3.46. The van der Waals surface area contributed by atoms with Gasteiger partial charge in [-0.3, -0.25) is 4.79 Å². The van der Waals surface area contributed by atoms with Crippen molar-refractivity contribution in [2.45, 2.75) is 13.8 Å². The van der Waals surface area contributed by atoms with Gasteiger partial charge in [0.25, 0.3) is 0 Å². The van der Waals surface area contributed by atoms with E-state index in [1.165, 1.54) is 6.92 Å². The van der Waals surface area contributed by atoms with E-state index in [9.17, 15) is 4.79 Å². The van der Waals surface area contributed by atoms with Gasteiger partial charge in [-0.1, -0.05) is 24.3 Å². The van der Waals surface area contributed by atoms with Gasteiger partial charge in [0.1, 0.15) is 12.4 Å². The summed E-state index contributed by atoms with van der Waals surface area (Å²) in [6.45, 7) is 7.40. The first-order valence-electron chi connectivity index (χ1n) is 4.48. The second kappa shape index (κ2) is 4.61. The standard InChI is InChI=1S/C12H14O2/c1-9(2)11-5-4-6-12(7-11)14-8-10(3)13/h4-7H,1,8H2,2-3H3. The highest BCUT2D eigenvalue weighted by atomic mass is 16.5. The quantitative estimate of drug-likeness (QED) is 0.729. The molecule has 1 aromatic rings. The molecule has 0 N–H and O–H groups in total. The number of hydrogen-bond acceptors (Lipinski definition) is 2. The molecule has 2 nitrogen and oxygen atoms in total. The Morgan fingerprint density at radius 2 is 2.14 bits per heavy atom. The topological polar surface area (TPSA) is 26.3 Å². The zero-order valence-corrected chi connectivity index (χ0v) is 8.54. The van der Waals surface area contributed by atoms with Gasteiger partial charge in [-0.05, 0) is 31.5 Å². The van der Waals surface area contributed by atoms with Crippen molar-refractivity contribution in [3.63, 3.8) is 0 Å². The van der Waals surface area contributed by atoms with Crippen LogP contribution in [0.5, 0.6) is 5.75 Å². The average Bonchev–Trinajstić information content (AvgIpc) is 2.15. The predicted molar refractivity (Wildman–Crippen MR) is 57.3 cm³/mol. The molecule has 1 rings (SSSR count). The number of rotatable bonds is 4. The fourth-order valence-corrected chi connectivity index (χ4v) is 1.04. The van der Waals surface area contributed by atoms with Crippen LogP contribution in [0, 0.1) is 0 Å². The molecule has 0 aliphatic heterocycles. The van der Waals surface area contributed by atoms with Crippen LogP contribution in [-0.4, -0.2) is 12.4 Å². The Bertz CT molecular complexity index is 353. The number of allylic oxidation sites excluding steroid dienone is 1. The minimum Gasteiger partial charge on any atom is -0.486 e. The van der Waals surface area contributed by atoms with Crippen molar-refractivity contribution in [2.75, 3.05) is 6.61 Å². The van der Waals surface area contributed by atoms with Crippen molar-refractivity contribution < 1.29 is 9.53 Å². The van der Waals surface area contributed by atoms with Gasteiger partial charge in [-0.25, -0.2) is 0 Å². The lowest BCUT2D eigenvalue weighted by Crippen LogP contribution is -2.06. The van der Waals surface area contributed by atoms with E-state index in [0.29, 0.717) is 5.75 Å². The van der Waals surface area contributed by atoms with Crippen molar-refractivity contribution in [2.24, 2.45) is 0 Å². The lowest BCUT2D eigenvalue weighted by Gasteiger charge is -2.05. The van der Waals surface area contributed by atoms with Crippen molar-refractivity contribution in [3.05, 3.63) is 36.4 Å². The maximum absolute atomic E-state index is 10.7. The molecule has 0 aliphatic carbocycles. The zero-order valence-electron chi connectivity index (χ0n) is 8.54. The molecule has 0 spiro atoms. The van der Waals surface area contributed by atoms with E-state index in [1.54, 1.807) is 0 Å². The summed E-state index contributed by atoms with van der Waals surface area (Å²) >= 11 is 0. The lowest BCUT2D eigenvalue weighted by atomic mass is 10.1. The van der Waals surface area contributed by atoms with Gasteiger partial charge in [-0.15, -0.1) is 0 Å². The van der Waals surface area contributed by atoms with E-state index in [0.717, 1.165) is 11.1 Å². The lowest BCUT2D eigenvalue weighted by molar-refractivity contribution is -0.118. The smallest absolute Gasteiger partial charge is 0.167 e. The number of Topliss-reactive ketones (excluding diaryl/α,β-unsaturated/α-hetero) is 1. The van der Waals surface area contributed by atoms with E-state index in [1.807, 2.05) is 31.2 Å². The molecule has 0 aromatic heterocycles. The molecule has 0 heterocycles. The van der Waals surface area contributed by atoms with Crippen LogP contribution in [0.25, 0.3) is 5.57 Å². The summed E-state index contributed by atoms with van der Waals surface area (Å²) in [4.78, 5) is 10.7. The third-order valence-electron chi connectivity index (χ3n) is 1.77. The largest absolute Gasteiger partial charge is 0.486 e. The van der Waals surface area contributed by atoms with Crippen molar-refractivity contribution >= 4 is 11.4 Å². The summed E-state index contributed by atoms with van der Waals surface area (Å²) in [5, 5.41) is 0. The van der Waals surface area contributed by atoms with Gasteiger partial charge in [-0.2, -0.15) is 0 Å². The van der Waals surface area contributed by atoms with Crippen LogP contribution in [0.1, 0.15) is 19.4 Å². The van der Waals surface area contributed by atoms with Gasteiger partial charge in [0, 0.05) is 0 Å². The van der Waals surface area contributed by atoms with Gasteiger partial charge < -0.3 is 4.74 Å². The van der Waals surface area contributed by atoms with Crippen LogP contribution in [0.2, 0.25) is 0 Å². The first-order chi connectivity index (χ1) is 6.59. The molecule has 0 aliphatic rings. The molecule has 0 atom stereocenters. The van der Waals surface area contributed by atoms with Crippen LogP contribution in [0.3, 0.4) is 0 Å². The summed E-state index contributed by atoms with van der Waals surface area (Å²) in [6, 6.07) is 7.56. The van der Waals surface area contributed by atoms with Crippen molar-refractivity contribution in [3.8, 4) is 5.75 Å². The fraction of sp³-hybridized carbons (Fsp3) is 0.250. The first-order valence-corrected chi connectivity index (χ1v) is 4.48. The maximum atomic E-state index is 10.7. The monoisotopic (exact) mass is 190 g/mol. The average molecular weight is 190 g/mol. The number of hydrogen-bond donors (Lipinski definition) is 0. The van der Waals surface area contributed by atoms with E-state index >= 15 is 0 Å². The highest BCUT2D eigenvalue weighted by Crippen LogP contribution is 2.18. The summed E-state index contributed by atoms with van der Waals surface area (Å²) in [5.74, 6) is 0.728. The van der Waals surface area contributed by atoms with Crippen LogP contribution < -0.4 is 4.74 Å². The van der Waals surface area contributed by atoms with Crippen LogP contribution >= 0.6 is 0 Å². The van der Waals surface area contributed by atoms with E-state index < -0.39 is 0 Å². The molecule has 0 saturated heterocycles. The summed E-state index contributed by atoms with van der Waals surface area (Å²) in [6.07, 6.45) is 0.